The van der Waals surface area contributed by atoms with Gasteiger partial charge in [-0.05, 0) is 188 Å². The summed E-state index contributed by atoms with van der Waals surface area (Å²) in [6.07, 6.45) is 0. The van der Waals surface area contributed by atoms with Crippen LogP contribution in [-0.4, -0.2) is 11.3 Å². The Bertz CT molecular complexity index is 5620. The molecule has 0 saturated carbocycles. The van der Waals surface area contributed by atoms with Crippen LogP contribution in [0, 0.1) is 0 Å². The third-order valence-electron chi connectivity index (χ3n) is 22.6. The van der Waals surface area contributed by atoms with Crippen molar-refractivity contribution in [3.63, 3.8) is 0 Å². The summed E-state index contributed by atoms with van der Waals surface area (Å²) in [5.41, 5.74) is 38.8. The SMILES string of the molecule is c1ccc(-c2ccc3c(c2)B2c4cc(-c5ccccc5)ccc4N(c4ccc5c(c4)-c4ccccc4C54c5ccccc5-c5ccccc54)c4cc(-n5c6ccccc6c6ccccc65)cc(c42)N3c2ccc3c(c2)-c2ccccc2C32c3ccccc3-c3ccccc32)cc1. The number of hydrogen-bond donors (Lipinski definition) is 0. The van der Waals surface area contributed by atoms with E-state index in [4.69, 9.17) is 0 Å². The van der Waals surface area contributed by atoms with Crippen molar-refractivity contribution < 1.29 is 0 Å². The van der Waals surface area contributed by atoms with Crippen molar-refractivity contribution in [3.05, 3.63) is 384 Å². The molecule has 0 unspecified atom stereocenters. The van der Waals surface area contributed by atoms with Crippen molar-refractivity contribution in [1.82, 2.24) is 4.57 Å². The molecule has 3 heterocycles. The average molecular weight is 1210 g/mol. The topological polar surface area (TPSA) is 11.4 Å². The van der Waals surface area contributed by atoms with Crippen molar-refractivity contribution in [2.45, 2.75) is 10.8 Å². The maximum atomic E-state index is 2.64. The maximum Gasteiger partial charge on any atom is 0.252 e. The van der Waals surface area contributed by atoms with Gasteiger partial charge in [-0.2, -0.15) is 0 Å². The predicted octanol–water partition coefficient (Wildman–Crippen LogP) is 20.9. The van der Waals surface area contributed by atoms with Gasteiger partial charge in [0.05, 0.1) is 27.6 Å². The second kappa shape index (κ2) is 19.2. The Hall–Kier alpha value is -12.2. The van der Waals surface area contributed by atoms with Crippen LogP contribution in [0.15, 0.2) is 340 Å². The Morgan fingerprint density at radius 2 is 0.542 bits per heavy atom. The quantitative estimate of drug-likeness (QED) is 0.159. The van der Waals surface area contributed by atoms with Crippen LogP contribution in [-0.2, 0) is 10.8 Å². The van der Waals surface area contributed by atoms with Gasteiger partial charge in [0.25, 0.3) is 6.71 Å². The van der Waals surface area contributed by atoms with E-state index in [0.717, 1.165) is 39.8 Å². The van der Waals surface area contributed by atoms with Crippen molar-refractivity contribution in [1.29, 1.82) is 0 Å². The van der Waals surface area contributed by atoms with E-state index in [1.807, 2.05) is 0 Å². The summed E-state index contributed by atoms with van der Waals surface area (Å²) in [6, 6.07) is 130. The molecule has 0 fully saturated rings. The lowest BCUT2D eigenvalue weighted by atomic mass is 9.33. The second-order valence-corrected chi connectivity index (χ2v) is 26.9. The predicted molar refractivity (Wildman–Crippen MR) is 398 cm³/mol. The molecule has 2 aliphatic heterocycles. The van der Waals surface area contributed by atoms with Gasteiger partial charge < -0.3 is 14.4 Å². The molecule has 16 aromatic rings. The Kier molecular flexibility index (Phi) is 10.5. The number of nitrogens with zero attached hydrogens (tertiary/aromatic N) is 3. The minimum Gasteiger partial charge on any atom is -0.311 e. The van der Waals surface area contributed by atoms with Crippen molar-refractivity contribution in [2.75, 3.05) is 9.80 Å². The first-order valence-corrected chi connectivity index (χ1v) is 33.7. The van der Waals surface area contributed by atoms with Gasteiger partial charge in [-0.1, -0.05) is 279 Å². The molecule has 0 saturated heterocycles. The van der Waals surface area contributed by atoms with E-state index in [2.05, 4.69) is 354 Å². The minimum atomic E-state index is -0.482. The van der Waals surface area contributed by atoms with Crippen molar-refractivity contribution >= 4 is 79.0 Å². The van der Waals surface area contributed by atoms with Gasteiger partial charge in [0, 0.05) is 44.9 Å². The Morgan fingerprint density at radius 1 is 0.219 bits per heavy atom. The molecule has 0 amide bonds. The number of benzene rings is 15. The highest BCUT2D eigenvalue weighted by molar-refractivity contribution is 7.00. The summed E-state index contributed by atoms with van der Waals surface area (Å²) in [5, 5.41) is 2.46. The van der Waals surface area contributed by atoms with Crippen LogP contribution in [0.3, 0.4) is 0 Å². The molecule has 0 bridgehead atoms. The molecule has 15 aromatic carbocycles. The lowest BCUT2D eigenvalue weighted by molar-refractivity contribution is 0.794. The first-order chi connectivity index (χ1) is 47.6. The fourth-order valence-electron chi connectivity index (χ4n) is 19.0. The van der Waals surface area contributed by atoms with E-state index in [1.165, 1.54) is 149 Å². The lowest BCUT2D eigenvalue weighted by Gasteiger charge is -2.45. The number of fused-ring (bicyclic) bond motifs is 27. The molecule has 96 heavy (non-hydrogen) atoms. The zero-order valence-electron chi connectivity index (χ0n) is 52.3. The van der Waals surface area contributed by atoms with E-state index >= 15 is 0 Å². The zero-order valence-corrected chi connectivity index (χ0v) is 52.3. The largest absolute Gasteiger partial charge is 0.311 e. The molecule has 0 radical (unpaired) electrons. The summed E-state index contributed by atoms with van der Waals surface area (Å²) in [7, 11) is 0. The van der Waals surface area contributed by atoms with Gasteiger partial charge in [0.15, 0.2) is 0 Å². The van der Waals surface area contributed by atoms with E-state index in [0.29, 0.717) is 0 Å². The minimum absolute atomic E-state index is 0.179. The maximum absolute atomic E-state index is 2.64. The number of para-hydroxylation sites is 2. The van der Waals surface area contributed by atoms with Crippen molar-refractivity contribution in [3.8, 4) is 72.4 Å². The normalized spacial score (nSPS) is 14.4. The van der Waals surface area contributed by atoms with Gasteiger partial charge >= 0.3 is 0 Å². The van der Waals surface area contributed by atoms with Crippen LogP contribution in [0.5, 0.6) is 0 Å². The third kappa shape index (κ3) is 6.62. The number of hydrogen-bond acceptors (Lipinski definition) is 2. The molecule has 4 heteroatoms. The van der Waals surface area contributed by atoms with Crippen LogP contribution in [0.25, 0.3) is 94.3 Å². The molecule has 4 aliphatic carbocycles. The molecule has 1 aromatic heterocycles. The highest BCUT2D eigenvalue weighted by atomic mass is 15.2. The zero-order chi connectivity index (χ0) is 62.5. The number of rotatable bonds is 5. The summed E-state index contributed by atoms with van der Waals surface area (Å²) in [5.74, 6) is 0. The highest BCUT2D eigenvalue weighted by Crippen LogP contribution is 2.65. The summed E-state index contributed by atoms with van der Waals surface area (Å²) < 4.78 is 2.53. The van der Waals surface area contributed by atoms with Gasteiger partial charge in [0.2, 0.25) is 0 Å². The number of aromatic nitrogens is 1. The molecule has 442 valence electrons. The smallest absolute Gasteiger partial charge is 0.252 e. The van der Waals surface area contributed by atoms with Crippen LogP contribution >= 0.6 is 0 Å². The van der Waals surface area contributed by atoms with Crippen LogP contribution in [0.4, 0.5) is 34.1 Å². The van der Waals surface area contributed by atoms with Crippen molar-refractivity contribution in [2.24, 2.45) is 0 Å². The van der Waals surface area contributed by atoms with Gasteiger partial charge in [-0.3, -0.25) is 0 Å². The molecular weight excluding hydrogens is 1160 g/mol. The van der Waals surface area contributed by atoms with Crippen LogP contribution < -0.4 is 26.2 Å². The summed E-state index contributed by atoms with van der Waals surface area (Å²) in [4.78, 5) is 5.28. The molecule has 0 N–H and O–H groups in total. The van der Waals surface area contributed by atoms with E-state index in [1.54, 1.807) is 0 Å². The molecule has 3 nitrogen and oxygen atoms in total. The first kappa shape index (κ1) is 52.3. The average Bonchev–Trinajstić information content (AvgIpc) is 1.46. The second-order valence-electron chi connectivity index (χ2n) is 26.9. The molecule has 0 atom stereocenters. The Balaban J connectivity index is 0.856. The molecular formula is C92H56BN3. The lowest BCUT2D eigenvalue weighted by Crippen LogP contribution is -2.61. The van der Waals surface area contributed by atoms with E-state index < -0.39 is 10.8 Å². The first-order valence-electron chi connectivity index (χ1n) is 33.7. The van der Waals surface area contributed by atoms with Gasteiger partial charge in [-0.15, -0.1) is 0 Å². The fourth-order valence-corrected chi connectivity index (χ4v) is 19.0. The monoisotopic (exact) mass is 1210 g/mol. The highest BCUT2D eigenvalue weighted by Gasteiger charge is 2.54. The molecule has 2 spiro atoms. The Morgan fingerprint density at radius 3 is 0.927 bits per heavy atom. The van der Waals surface area contributed by atoms with E-state index in [-0.39, 0.29) is 6.71 Å². The van der Waals surface area contributed by atoms with Gasteiger partial charge in [0.1, 0.15) is 0 Å². The number of anilines is 6. The standard InChI is InChI=1S/C92H56BN3/c1-3-23-57(24-4-1)59-43-49-86-82(51-59)93-83-52-60(58-25-5-2-6-26-58)44-50-87(83)95(62-46-48-81-73(54-62)69-32-12-20-40-79(69)92(81)76-37-17-9-29-66(76)67-30-10-18-38-77(67)92)89-56-63(96-84-41-21-13-33-70(84)71-34-14-22-42-85(71)96)55-88(90(89)93)94(86)61-45-47-80-72(53-61)68-31-11-19-39-78(68)91(80)74-35-15-7-27-64(74)65-28-8-16-36-75(65)91/h1-56H. The Labute approximate surface area is 557 Å². The van der Waals surface area contributed by atoms with Crippen LogP contribution in [0.2, 0.25) is 0 Å². The van der Waals surface area contributed by atoms with Crippen LogP contribution in [0.1, 0.15) is 44.5 Å². The molecule has 6 aliphatic rings. The molecule has 22 rings (SSSR count). The van der Waals surface area contributed by atoms with Gasteiger partial charge in [-0.25, -0.2) is 0 Å². The van der Waals surface area contributed by atoms with E-state index in [9.17, 15) is 0 Å². The fraction of sp³-hybridized carbons (Fsp3) is 0.0217. The third-order valence-corrected chi connectivity index (χ3v) is 22.6. The summed E-state index contributed by atoms with van der Waals surface area (Å²) >= 11 is 0. The summed E-state index contributed by atoms with van der Waals surface area (Å²) in [6.45, 7) is -0.179.